The number of para-hydroxylation sites is 1. The van der Waals surface area contributed by atoms with Crippen LogP contribution in [0.4, 0.5) is 0 Å². The maximum Gasteiger partial charge on any atom is 0.309 e. The number of aromatic nitrogens is 2. The van der Waals surface area contributed by atoms with Gasteiger partial charge in [-0.15, -0.1) is 0 Å². The second kappa shape index (κ2) is 10.4. The van der Waals surface area contributed by atoms with Gasteiger partial charge in [-0.25, -0.2) is 4.98 Å². The number of hydrogen-bond donors (Lipinski definition) is 0. The third-order valence-electron chi connectivity index (χ3n) is 6.35. The van der Waals surface area contributed by atoms with E-state index in [1.165, 1.54) is 11.8 Å². The van der Waals surface area contributed by atoms with E-state index >= 15 is 0 Å². The average molecular weight is 480 g/mol. The first-order chi connectivity index (χ1) is 16.4. The van der Waals surface area contributed by atoms with Crippen molar-refractivity contribution in [2.75, 3.05) is 25.4 Å². The lowest BCUT2D eigenvalue weighted by atomic mass is 9.97. The second-order valence-corrected chi connectivity index (χ2v) is 9.41. The first kappa shape index (κ1) is 24.0. The molecule has 1 amide bonds. The number of ether oxygens (including phenoxy) is 1. The van der Waals surface area contributed by atoms with Crippen molar-refractivity contribution in [2.45, 2.75) is 38.8 Å². The highest BCUT2D eigenvalue weighted by Crippen LogP contribution is 2.26. The smallest absolute Gasteiger partial charge is 0.309 e. The number of amides is 1. The summed E-state index contributed by atoms with van der Waals surface area (Å²) >= 11 is 1.27. The SMILES string of the molecule is CCOC(=O)C1CCN(C(=O)CSc2nc3ccccc3c(=O)n2-c2cccc(C)c2C)CC1. The molecule has 0 atom stereocenters. The molecule has 2 heterocycles. The first-order valence-corrected chi connectivity index (χ1v) is 12.5. The third kappa shape index (κ3) is 4.87. The number of esters is 1. The molecule has 178 valence electrons. The van der Waals surface area contributed by atoms with Gasteiger partial charge in [-0.1, -0.05) is 36.0 Å². The molecule has 0 aliphatic carbocycles. The van der Waals surface area contributed by atoms with Gasteiger partial charge in [0.05, 0.1) is 34.9 Å². The minimum absolute atomic E-state index is 0.0257. The Kier molecular flexibility index (Phi) is 7.36. The Bertz CT molecular complexity index is 1280. The summed E-state index contributed by atoms with van der Waals surface area (Å²) in [5, 5.41) is 1.03. The van der Waals surface area contributed by atoms with E-state index in [1.54, 1.807) is 22.5 Å². The third-order valence-corrected chi connectivity index (χ3v) is 7.28. The molecule has 0 bridgehead atoms. The summed E-state index contributed by atoms with van der Waals surface area (Å²) in [4.78, 5) is 45.0. The summed E-state index contributed by atoms with van der Waals surface area (Å²) in [6, 6.07) is 13.1. The van der Waals surface area contributed by atoms with Gasteiger partial charge in [-0.2, -0.15) is 0 Å². The molecule has 34 heavy (non-hydrogen) atoms. The minimum Gasteiger partial charge on any atom is -0.466 e. The second-order valence-electron chi connectivity index (χ2n) is 8.47. The van der Waals surface area contributed by atoms with Gasteiger partial charge in [0.25, 0.3) is 5.56 Å². The summed E-state index contributed by atoms with van der Waals surface area (Å²) < 4.78 is 6.74. The predicted molar refractivity (Wildman–Crippen MR) is 133 cm³/mol. The Labute approximate surface area is 203 Å². The maximum absolute atomic E-state index is 13.5. The van der Waals surface area contributed by atoms with Gasteiger partial charge in [-0.05, 0) is 62.9 Å². The number of piperidine rings is 1. The Morgan fingerprint density at radius 3 is 2.56 bits per heavy atom. The molecule has 0 N–H and O–H groups in total. The summed E-state index contributed by atoms with van der Waals surface area (Å²) in [7, 11) is 0. The lowest BCUT2D eigenvalue weighted by molar-refractivity contribution is -0.151. The number of thioether (sulfide) groups is 1. The van der Waals surface area contributed by atoms with Crippen LogP contribution in [-0.4, -0.2) is 51.8 Å². The average Bonchev–Trinajstić information content (AvgIpc) is 2.85. The summed E-state index contributed by atoms with van der Waals surface area (Å²) in [5.74, 6) is -0.183. The highest BCUT2D eigenvalue weighted by atomic mass is 32.2. The Morgan fingerprint density at radius 2 is 1.82 bits per heavy atom. The van der Waals surface area contributed by atoms with Gasteiger partial charge in [-0.3, -0.25) is 19.0 Å². The molecule has 0 saturated carbocycles. The largest absolute Gasteiger partial charge is 0.466 e. The van der Waals surface area contributed by atoms with Crippen molar-refractivity contribution in [2.24, 2.45) is 5.92 Å². The summed E-state index contributed by atoms with van der Waals surface area (Å²) in [5.41, 5.74) is 3.31. The molecule has 3 aromatic rings. The van der Waals surface area contributed by atoms with E-state index in [1.807, 2.05) is 50.2 Å². The molecule has 2 aromatic carbocycles. The van der Waals surface area contributed by atoms with E-state index in [-0.39, 0.29) is 29.1 Å². The van der Waals surface area contributed by atoms with Crippen molar-refractivity contribution in [1.29, 1.82) is 0 Å². The van der Waals surface area contributed by atoms with Crippen molar-refractivity contribution in [3.8, 4) is 5.69 Å². The maximum atomic E-state index is 13.5. The fraction of sp³-hybridized carbons (Fsp3) is 0.385. The van der Waals surface area contributed by atoms with Crippen molar-refractivity contribution < 1.29 is 14.3 Å². The van der Waals surface area contributed by atoms with E-state index in [9.17, 15) is 14.4 Å². The fourth-order valence-electron chi connectivity index (χ4n) is 4.24. The standard InChI is InChI=1S/C26H29N3O4S/c1-4-33-25(32)19-12-14-28(15-13-19)23(30)16-34-26-27-21-10-6-5-9-20(21)24(31)29(26)22-11-7-8-17(2)18(22)3/h5-11,19H,4,12-16H2,1-3H3. The monoisotopic (exact) mass is 479 g/mol. The molecule has 7 nitrogen and oxygen atoms in total. The van der Waals surface area contributed by atoms with Crippen molar-refractivity contribution in [1.82, 2.24) is 14.5 Å². The summed E-state index contributed by atoms with van der Waals surface area (Å²) in [6.07, 6.45) is 1.22. The van der Waals surface area contributed by atoms with Crippen LogP contribution in [0.2, 0.25) is 0 Å². The summed E-state index contributed by atoms with van der Waals surface area (Å²) in [6.45, 7) is 7.21. The van der Waals surface area contributed by atoms with E-state index in [2.05, 4.69) is 0 Å². The van der Waals surface area contributed by atoms with Crippen LogP contribution in [-0.2, 0) is 14.3 Å². The number of carbonyl (C=O) groups excluding carboxylic acids is 2. The lowest BCUT2D eigenvalue weighted by Crippen LogP contribution is -2.41. The number of aryl methyl sites for hydroxylation is 1. The van der Waals surface area contributed by atoms with Crippen molar-refractivity contribution in [3.63, 3.8) is 0 Å². The minimum atomic E-state index is -0.179. The molecule has 1 saturated heterocycles. The quantitative estimate of drug-likeness (QED) is 0.303. The molecular weight excluding hydrogens is 450 g/mol. The van der Waals surface area contributed by atoms with E-state index in [4.69, 9.17) is 9.72 Å². The van der Waals surface area contributed by atoms with Gasteiger partial charge >= 0.3 is 5.97 Å². The molecule has 1 aliphatic rings. The molecule has 0 radical (unpaired) electrons. The van der Waals surface area contributed by atoms with Gasteiger partial charge < -0.3 is 9.64 Å². The van der Waals surface area contributed by atoms with Crippen LogP contribution in [0.1, 0.15) is 30.9 Å². The zero-order chi connectivity index (χ0) is 24.2. The number of fused-ring (bicyclic) bond motifs is 1. The van der Waals surface area contributed by atoms with Crippen molar-refractivity contribution in [3.05, 3.63) is 63.9 Å². The first-order valence-electron chi connectivity index (χ1n) is 11.6. The van der Waals surface area contributed by atoms with Crippen LogP contribution in [0.15, 0.2) is 52.4 Å². The lowest BCUT2D eigenvalue weighted by Gasteiger charge is -2.30. The topological polar surface area (TPSA) is 81.5 Å². The van der Waals surface area contributed by atoms with E-state index < -0.39 is 0 Å². The predicted octanol–water partition coefficient (Wildman–Crippen LogP) is 3.90. The molecular formula is C26H29N3O4S. The Morgan fingerprint density at radius 1 is 1.09 bits per heavy atom. The highest BCUT2D eigenvalue weighted by Gasteiger charge is 2.28. The van der Waals surface area contributed by atoms with Crippen LogP contribution in [0.25, 0.3) is 16.6 Å². The van der Waals surface area contributed by atoms with Crippen molar-refractivity contribution >= 4 is 34.5 Å². The van der Waals surface area contributed by atoms with Gasteiger partial charge in [0.1, 0.15) is 0 Å². The molecule has 0 unspecified atom stereocenters. The zero-order valence-electron chi connectivity index (χ0n) is 19.7. The zero-order valence-corrected chi connectivity index (χ0v) is 20.6. The number of nitrogens with zero attached hydrogens (tertiary/aromatic N) is 3. The van der Waals surface area contributed by atoms with Crippen LogP contribution < -0.4 is 5.56 Å². The Balaban J connectivity index is 1.57. The van der Waals surface area contributed by atoms with Crippen LogP contribution in [0.3, 0.4) is 0 Å². The van der Waals surface area contributed by atoms with Crippen LogP contribution >= 0.6 is 11.8 Å². The van der Waals surface area contributed by atoms with Gasteiger partial charge in [0.2, 0.25) is 5.91 Å². The number of hydrogen-bond acceptors (Lipinski definition) is 6. The van der Waals surface area contributed by atoms with Gasteiger partial charge in [0.15, 0.2) is 5.16 Å². The molecule has 0 spiro atoms. The number of likely N-dealkylation sites (tertiary alicyclic amines) is 1. The molecule has 1 aromatic heterocycles. The number of benzene rings is 2. The number of carbonyl (C=O) groups is 2. The van der Waals surface area contributed by atoms with E-state index in [0.29, 0.717) is 48.6 Å². The molecule has 1 aliphatic heterocycles. The molecule has 1 fully saturated rings. The number of rotatable bonds is 6. The van der Waals surface area contributed by atoms with E-state index in [0.717, 1.165) is 16.8 Å². The normalized spacial score (nSPS) is 14.4. The van der Waals surface area contributed by atoms with Crippen LogP contribution in [0, 0.1) is 19.8 Å². The highest BCUT2D eigenvalue weighted by molar-refractivity contribution is 7.99. The Hall–Kier alpha value is -3.13. The van der Waals surface area contributed by atoms with Gasteiger partial charge in [0, 0.05) is 13.1 Å². The fourth-order valence-corrected chi connectivity index (χ4v) is 5.15. The molecule has 4 rings (SSSR count). The molecule has 8 heteroatoms. The van der Waals surface area contributed by atoms with Crippen LogP contribution in [0.5, 0.6) is 0 Å².